The monoisotopic (exact) mass is 287 g/mol. The van der Waals surface area contributed by atoms with E-state index in [0.29, 0.717) is 16.4 Å². The quantitative estimate of drug-likeness (QED) is 0.893. The van der Waals surface area contributed by atoms with Crippen molar-refractivity contribution in [2.45, 2.75) is 13.0 Å². The summed E-state index contributed by atoms with van der Waals surface area (Å²) in [6.45, 7) is 1.79. The second kappa shape index (κ2) is 5.61. The molecule has 2 aromatic rings. The van der Waals surface area contributed by atoms with Crippen LogP contribution in [0.2, 0.25) is 5.02 Å². The Morgan fingerprint density at radius 3 is 3.05 bits per heavy atom. The molecule has 1 amide bonds. The molecule has 1 aliphatic rings. The van der Waals surface area contributed by atoms with Crippen LogP contribution in [0.1, 0.15) is 21.5 Å². The Kier molecular flexibility index (Phi) is 3.67. The average Bonchev–Trinajstić information content (AvgIpc) is 2.49. The predicted octanol–water partition coefficient (Wildman–Crippen LogP) is 2.63. The number of amides is 1. The Morgan fingerprint density at radius 1 is 1.30 bits per heavy atom. The summed E-state index contributed by atoms with van der Waals surface area (Å²) in [5.41, 5.74) is 3.10. The first kappa shape index (κ1) is 13.1. The SMILES string of the molecule is O=C(Nc1ncccc1Cl)c1ccc2c(c1)CNCC2. The maximum absolute atomic E-state index is 12.2. The number of benzene rings is 1. The van der Waals surface area contributed by atoms with Crippen molar-refractivity contribution in [2.24, 2.45) is 0 Å². The van der Waals surface area contributed by atoms with Gasteiger partial charge in [0.2, 0.25) is 0 Å². The van der Waals surface area contributed by atoms with Crippen LogP contribution in [-0.4, -0.2) is 17.4 Å². The van der Waals surface area contributed by atoms with E-state index >= 15 is 0 Å². The molecule has 1 aromatic heterocycles. The zero-order chi connectivity index (χ0) is 13.9. The number of nitrogens with one attached hydrogen (secondary N) is 2. The molecule has 0 atom stereocenters. The Balaban J connectivity index is 1.82. The summed E-state index contributed by atoms with van der Waals surface area (Å²) in [6, 6.07) is 9.21. The third kappa shape index (κ3) is 2.66. The molecule has 5 heteroatoms. The fraction of sp³-hybridized carbons (Fsp3) is 0.200. The van der Waals surface area contributed by atoms with Crippen molar-refractivity contribution in [3.8, 4) is 0 Å². The van der Waals surface area contributed by atoms with Crippen molar-refractivity contribution in [1.82, 2.24) is 10.3 Å². The normalized spacial score (nSPS) is 13.7. The summed E-state index contributed by atoms with van der Waals surface area (Å²) < 4.78 is 0. The third-order valence-corrected chi connectivity index (χ3v) is 3.65. The minimum Gasteiger partial charge on any atom is -0.312 e. The van der Waals surface area contributed by atoms with Crippen LogP contribution in [0.4, 0.5) is 5.82 Å². The largest absolute Gasteiger partial charge is 0.312 e. The molecule has 102 valence electrons. The topological polar surface area (TPSA) is 54.0 Å². The molecule has 0 unspecified atom stereocenters. The van der Waals surface area contributed by atoms with E-state index < -0.39 is 0 Å². The lowest BCUT2D eigenvalue weighted by Gasteiger charge is -2.17. The van der Waals surface area contributed by atoms with Gasteiger partial charge < -0.3 is 10.6 Å². The van der Waals surface area contributed by atoms with Crippen molar-refractivity contribution in [1.29, 1.82) is 0 Å². The number of carbonyl (C=O) groups is 1. The van der Waals surface area contributed by atoms with Gasteiger partial charge in [0.05, 0.1) is 5.02 Å². The van der Waals surface area contributed by atoms with E-state index in [4.69, 9.17) is 11.6 Å². The van der Waals surface area contributed by atoms with Crippen LogP contribution < -0.4 is 10.6 Å². The first-order valence-corrected chi connectivity index (χ1v) is 6.86. The highest BCUT2D eigenvalue weighted by molar-refractivity contribution is 6.33. The Hall–Kier alpha value is -1.91. The Morgan fingerprint density at radius 2 is 2.20 bits per heavy atom. The molecule has 3 rings (SSSR count). The molecular weight excluding hydrogens is 274 g/mol. The molecule has 2 N–H and O–H groups in total. The Labute approximate surface area is 122 Å². The van der Waals surface area contributed by atoms with Gasteiger partial charge in [0.15, 0.2) is 5.82 Å². The van der Waals surface area contributed by atoms with Gasteiger partial charge in [0, 0.05) is 18.3 Å². The van der Waals surface area contributed by atoms with Gasteiger partial charge in [-0.25, -0.2) is 4.98 Å². The molecule has 0 bridgehead atoms. The minimum absolute atomic E-state index is 0.195. The van der Waals surface area contributed by atoms with Crippen LogP contribution in [0.15, 0.2) is 36.5 Å². The minimum atomic E-state index is -0.195. The summed E-state index contributed by atoms with van der Waals surface area (Å²) in [6.07, 6.45) is 2.60. The maximum Gasteiger partial charge on any atom is 0.256 e. The van der Waals surface area contributed by atoms with E-state index in [9.17, 15) is 4.79 Å². The van der Waals surface area contributed by atoms with Gasteiger partial charge in [-0.2, -0.15) is 0 Å². The summed E-state index contributed by atoms with van der Waals surface area (Å²) in [7, 11) is 0. The first-order chi connectivity index (χ1) is 9.74. The molecule has 2 heterocycles. The maximum atomic E-state index is 12.2. The smallest absolute Gasteiger partial charge is 0.256 e. The molecule has 0 saturated heterocycles. The molecule has 1 aliphatic heterocycles. The van der Waals surface area contributed by atoms with Gasteiger partial charge >= 0.3 is 0 Å². The average molecular weight is 288 g/mol. The predicted molar refractivity (Wildman–Crippen MR) is 79.1 cm³/mol. The lowest BCUT2D eigenvalue weighted by molar-refractivity contribution is 0.102. The highest BCUT2D eigenvalue weighted by Gasteiger charge is 2.13. The fourth-order valence-electron chi connectivity index (χ4n) is 2.28. The van der Waals surface area contributed by atoms with E-state index in [0.717, 1.165) is 19.5 Å². The van der Waals surface area contributed by atoms with Crippen molar-refractivity contribution < 1.29 is 4.79 Å². The Bertz CT molecular complexity index is 657. The number of halogens is 1. The highest BCUT2D eigenvalue weighted by Crippen LogP contribution is 2.20. The molecule has 0 fully saturated rings. The number of carbonyl (C=O) groups excluding carboxylic acids is 1. The number of aromatic nitrogens is 1. The van der Waals surface area contributed by atoms with Crippen LogP contribution in [-0.2, 0) is 13.0 Å². The van der Waals surface area contributed by atoms with E-state index in [1.807, 2.05) is 18.2 Å². The summed E-state index contributed by atoms with van der Waals surface area (Å²) in [5, 5.41) is 6.46. The molecular formula is C15H14ClN3O. The summed E-state index contributed by atoms with van der Waals surface area (Å²) >= 11 is 5.98. The van der Waals surface area contributed by atoms with Gasteiger partial charge in [-0.1, -0.05) is 17.7 Å². The van der Waals surface area contributed by atoms with E-state index in [-0.39, 0.29) is 5.91 Å². The van der Waals surface area contributed by atoms with Crippen LogP contribution in [0.25, 0.3) is 0 Å². The standard InChI is InChI=1S/C15H14ClN3O/c16-13-2-1-6-18-14(13)19-15(20)11-4-3-10-5-7-17-9-12(10)8-11/h1-4,6,8,17H,5,7,9H2,(H,18,19,20). The highest BCUT2D eigenvalue weighted by atomic mass is 35.5. The molecule has 0 aliphatic carbocycles. The molecule has 0 saturated carbocycles. The second-order valence-corrected chi connectivity index (χ2v) is 5.11. The molecule has 4 nitrogen and oxygen atoms in total. The first-order valence-electron chi connectivity index (χ1n) is 6.48. The number of anilines is 1. The van der Waals surface area contributed by atoms with Crippen molar-refractivity contribution in [2.75, 3.05) is 11.9 Å². The molecule has 20 heavy (non-hydrogen) atoms. The van der Waals surface area contributed by atoms with Gasteiger partial charge in [-0.15, -0.1) is 0 Å². The number of fused-ring (bicyclic) bond motifs is 1. The van der Waals surface area contributed by atoms with Crippen LogP contribution in [0.5, 0.6) is 0 Å². The zero-order valence-corrected chi connectivity index (χ0v) is 11.6. The summed E-state index contributed by atoms with van der Waals surface area (Å²) in [4.78, 5) is 16.3. The molecule has 0 spiro atoms. The van der Waals surface area contributed by atoms with Crippen LogP contribution >= 0.6 is 11.6 Å². The number of pyridine rings is 1. The van der Waals surface area contributed by atoms with E-state index in [1.54, 1.807) is 18.3 Å². The lowest BCUT2D eigenvalue weighted by Crippen LogP contribution is -2.24. The molecule has 1 aromatic carbocycles. The van der Waals surface area contributed by atoms with Gasteiger partial charge in [-0.3, -0.25) is 4.79 Å². The zero-order valence-electron chi connectivity index (χ0n) is 10.8. The van der Waals surface area contributed by atoms with Crippen LogP contribution in [0.3, 0.4) is 0 Å². The summed E-state index contributed by atoms with van der Waals surface area (Å²) in [5.74, 6) is 0.189. The van der Waals surface area contributed by atoms with Crippen molar-refractivity contribution in [3.05, 3.63) is 58.2 Å². The number of rotatable bonds is 2. The lowest BCUT2D eigenvalue weighted by atomic mass is 9.98. The van der Waals surface area contributed by atoms with Crippen molar-refractivity contribution in [3.63, 3.8) is 0 Å². The molecule has 0 radical (unpaired) electrons. The number of hydrogen-bond acceptors (Lipinski definition) is 3. The number of nitrogens with zero attached hydrogens (tertiary/aromatic N) is 1. The second-order valence-electron chi connectivity index (χ2n) is 4.70. The van der Waals surface area contributed by atoms with Gasteiger partial charge in [0.1, 0.15) is 0 Å². The van der Waals surface area contributed by atoms with E-state index in [2.05, 4.69) is 15.6 Å². The third-order valence-electron chi connectivity index (χ3n) is 3.35. The van der Waals surface area contributed by atoms with Gasteiger partial charge in [0.25, 0.3) is 5.91 Å². The van der Waals surface area contributed by atoms with Crippen LogP contribution in [0, 0.1) is 0 Å². The van der Waals surface area contributed by atoms with Gasteiger partial charge in [-0.05, 0) is 48.4 Å². The van der Waals surface area contributed by atoms with E-state index in [1.165, 1.54) is 11.1 Å². The number of hydrogen-bond donors (Lipinski definition) is 2. The van der Waals surface area contributed by atoms with Crippen molar-refractivity contribution >= 4 is 23.3 Å². The fourth-order valence-corrected chi connectivity index (χ4v) is 2.45.